The summed E-state index contributed by atoms with van der Waals surface area (Å²) in [6.07, 6.45) is 1.91. The minimum Gasteiger partial charge on any atom is -0.361 e. The molecule has 4 rings (SSSR count). The number of hydrogen-bond acceptors (Lipinski definition) is 4. The van der Waals surface area contributed by atoms with Crippen LogP contribution in [0.25, 0.3) is 11.1 Å². The lowest BCUT2D eigenvalue weighted by Gasteiger charge is -2.23. The van der Waals surface area contributed by atoms with Crippen molar-refractivity contribution in [2.24, 2.45) is 0 Å². The van der Waals surface area contributed by atoms with Crippen LogP contribution in [0.15, 0.2) is 47.0 Å². The van der Waals surface area contributed by atoms with Crippen LogP contribution in [0.3, 0.4) is 0 Å². The zero-order valence-corrected chi connectivity index (χ0v) is 16.2. The molecule has 0 atom stereocenters. The molecule has 1 aromatic heterocycles. The zero-order chi connectivity index (χ0) is 19.2. The van der Waals surface area contributed by atoms with Gasteiger partial charge in [-0.25, -0.2) is 0 Å². The first-order valence-corrected chi connectivity index (χ1v) is 9.24. The molecule has 27 heavy (non-hydrogen) atoms. The number of nitriles is 1. The fraction of sp³-hybridized carbons (Fsp3) is 0.304. The molecule has 0 aliphatic heterocycles. The largest absolute Gasteiger partial charge is 0.361 e. The smallest absolute Gasteiger partial charge is 0.141 e. The number of rotatable bonds is 4. The van der Waals surface area contributed by atoms with Gasteiger partial charge in [0.15, 0.2) is 0 Å². The monoisotopic (exact) mass is 357 g/mol. The highest BCUT2D eigenvalue weighted by atomic mass is 16.5. The van der Waals surface area contributed by atoms with Crippen LogP contribution in [-0.4, -0.2) is 12.2 Å². The number of benzene rings is 2. The fourth-order valence-corrected chi connectivity index (χ4v) is 3.76. The summed E-state index contributed by atoms with van der Waals surface area (Å²) in [5, 5.41) is 13.6. The van der Waals surface area contributed by atoms with E-state index >= 15 is 0 Å². The topological polar surface area (TPSA) is 53.1 Å². The molecule has 4 nitrogen and oxygen atoms in total. The maximum Gasteiger partial charge on any atom is 0.141 e. The van der Waals surface area contributed by atoms with Gasteiger partial charge in [0, 0.05) is 24.0 Å². The third-order valence-electron chi connectivity index (χ3n) is 5.64. The molecular weight excluding hydrogens is 334 g/mol. The van der Waals surface area contributed by atoms with E-state index in [1.807, 2.05) is 19.9 Å². The molecule has 1 fully saturated rings. The van der Waals surface area contributed by atoms with Gasteiger partial charge in [-0.3, -0.25) is 0 Å². The second-order valence-electron chi connectivity index (χ2n) is 7.50. The Morgan fingerprint density at radius 2 is 1.89 bits per heavy atom. The van der Waals surface area contributed by atoms with Crippen LogP contribution in [0, 0.1) is 32.1 Å². The number of hydrogen-bond donors (Lipinski definition) is 0. The lowest BCUT2D eigenvalue weighted by atomic mass is 9.96. The van der Waals surface area contributed by atoms with Gasteiger partial charge in [0.25, 0.3) is 0 Å². The van der Waals surface area contributed by atoms with E-state index < -0.39 is 0 Å². The minimum atomic E-state index is -0.273. The van der Waals surface area contributed by atoms with Crippen molar-refractivity contribution in [3.05, 3.63) is 65.0 Å². The minimum absolute atomic E-state index is 0.273. The van der Waals surface area contributed by atoms with Crippen molar-refractivity contribution in [2.45, 2.75) is 39.0 Å². The van der Waals surface area contributed by atoms with Gasteiger partial charge >= 0.3 is 0 Å². The highest BCUT2D eigenvalue weighted by Gasteiger charge is 2.44. The standard InChI is InChI=1S/C23H23N3O/c1-15-8-9-18(22-16(2)25-27-17(22)3)12-21(15)26(4)20-7-5-6-19(13-20)23(14-24)10-11-23/h5-9,12-13H,10-11H2,1-4H3. The average Bonchev–Trinajstić information content (AvgIpc) is 3.42. The van der Waals surface area contributed by atoms with Crippen LogP contribution < -0.4 is 4.90 Å². The van der Waals surface area contributed by atoms with Gasteiger partial charge in [0.05, 0.1) is 17.2 Å². The van der Waals surface area contributed by atoms with Crippen LogP contribution in [0.1, 0.15) is 35.4 Å². The number of anilines is 2. The quantitative estimate of drug-likeness (QED) is 0.611. The van der Waals surface area contributed by atoms with E-state index in [1.165, 1.54) is 5.56 Å². The van der Waals surface area contributed by atoms with Gasteiger partial charge in [0.1, 0.15) is 5.76 Å². The Balaban J connectivity index is 1.75. The molecule has 1 aliphatic rings. The molecule has 0 unspecified atom stereocenters. The fourth-order valence-electron chi connectivity index (χ4n) is 3.76. The van der Waals surface area contributed by atoms with Gasteiger partial charge in [-0.05, 0) is 68.5 Å². The first-order valence-electron chi connectivity index (χ1n) is 9.24. The Bertz CT molecular complexity index is 1030. The average molecular weight is 357 g/mol. The molecule has 0 N–H and O–H groups in total. The molecule has 0 bridgehead atoms. The normalized spacial score (nSPS) is 14.6. The van der Waals surface area contributed by atoms with E-state index in [9.17, 15) is 5.26 Å². The lowest BCUT2D eigenvalue weighted by molar-refractivity contribution is 0.393. The third-order valence-corrected chi connectivity index (χ3v) is 5.64. The van der Waals surface area contributed by atoms with Crippen LogP contribution in [0.5, 0.6) is 0 Å². The summed E-state index contributed by atoms with van der Waals surface area (Å²) in [5.41, 5.74) is 7.32. The molecule has 136 valence electrons. The van der Waals surface area contributed by atoms with E-state index in [0.717, 1.165) is 52.4 Å². The van der Waals surface area contributed by atoms with Crippen LogP contribution in [0.2, 0.25) is 0 Å². The predicted molar refractivity (Wildman–Crippen MR) is 107 cm³/mol. The van der Waals surface area contributed by atoms with Crippen molar-refractivity contribution in [3.63, 3.8) is 0 Å². The maximum absolute atomic E-state index is 9.52. The Hall–Kier alpha value is -3.06. The van der Waals surface area contributed by atoms with Crippen LogP contribution >= 0.6 is 0 Å². The molecule has 2 aromatic carbocycles. The molecular formula is C23H23N3O. The highest BCUT2D eigenvalue weighted by Crippen LogP contribution is 2.48. The SMILES string of the molecule is Cc1ccc(-c2c(C)noc2C)cc1N(C)c1cccc(C2(C#N)CC2)c1. The summed E-state index contributed by atoms with van der Waals surface area (Å²) in [6.45, 7) is 6.03. The van der Waals surface area contributed by atoms with Crippen molar-refractivity contribution in [1.82, 2.24) is 5.16 Å². The molecule has 0 spiro atoms. The number of nitrogens with zero attached hydrogens (tertiary/aromatic N) is 3. The first-order chi connectivity index (χ1) is 12.9. The summed E-state index contributed by atoms with van der Waals surface area (Å²) in [7, 11) is 2.07. The summed E-state index contributed by atoms with van der Waals surface area (Å²) < 4.78 is 5.34. The Morgan fingerprint density at radius 3 is 2.52 bits per heavy atom. The van der Waals surface area contributed by atoms with E-state index in [1.54, 1.807) is 0 Å². The summed E-state index contributed by atoms with van der Waals surface area (Å²) in [6, 6.07) is 17.3. The van der Waals surface area contributed by atoms with E-state index in [0.29, 0.717) is 0 Å². The van der Waals surface area contributed by atoms with Crippen LogP contribution in [0.4, 0.5) is 11.4 Å². The molecule has 0 saturated heterocycles. The van der Waals surface area contributed by atoms with Gasteiger partial charge in [0.2, 0.25) is 0 Å². The summed E-state index contributed by atoms with van der Waals surface area (Å²) in [5.74, 6) is 0.830. The predicted octanol–water partition coefficient (Wildman–Crippen LogP) is 5.59. The van der Waals surface area contributed by atoms with Crippen molar-refractivity contribution >= 4 is 11.4 Å². The Labute approximate surface area is 160 Å². The Morgan fingerprint density at radius 1 is 1.11 bits per heavy atom. The second-order valence-corrected chi connectivity index (χ2v) is 7.50. The molecule has 1 saturated carbocycles. The van der Waals surface area contributed by atoms with E-state index in [-0.39, 0.29) is 5.41 Å². The van der Waals surface area contributed by atoms with E-state index in [4.69, 9.17) is 4.52 Å². The van der Waals surface area contributed by atoms with E-state index in [2.05, 4.69) is 66.5 Å². The van der Waals surface area contributed by atoms with Gasteiger partial charge in [-0.2, -0.15) is 5.26 Å². The maximum atomic E-state index is 9.52. The number of aryl methyl sites for hydroxylation is 3. The first kappa shape index (κ1) is 17.4. The molecule has 1 aliphatic carbocycles. The highest BCUT2D eigenvalue weighted by molar-refractivity contribution is 5.76. The second kappa shape index (κ2) is 6.28. The van der Waals surface area contributed by atoms with Gasteiger partial charge in [-0.1, -0.05) is 29.4 Å². The van der Waals surface area contributed by atoms with Crippen molar-refractivity contribution in [3.8, 4) is 17.2 Å². The van der Waals surface area contributed by atoms with Gasteiger partial charge in [-0.15, -0.1) is 0 Å². The van der Waals surface area contributed by atoms with Crippen molar-refractivity contribution in [1.29, 1.82) is 5.26 Å². The van der Waals surface area contributed by atoms with Crippen molar-refractivity contribution in [2.75, 3.05) is 11.9 Å². The molecule has 0 radical (unpaired) electrons. The molecule has 4 heteroatoms. The zero-order valence-electron chi connectivity index (χ0n) is 16.2. The van der Waals surface area contributed by atoms with Gasteiger partial charge < -0.3 is 9.42 Å². The third kappa shape index (κ3) is 2.90. The Kier molecular flexibility index (Phi) is 4.04. The number of aromatic nitrogens is 1. The summed E-state index contributed by atoms with van der Waals surface area (Å²) in [4.78, 5) is 2.19. The molecule has 1 heterocycles. The van der Waals surface area contributed by atoms with Crippen molar-refractivity contribution < 1.29 is 4.52 Å². The van der Waals surface area contributed by atoms with Crippen LogP contribution in [-0.2, 0) is 5.41 Å². The summed E-state index contributed by atoms with van der Waals surface area (Å²) >= 11 is 0. The molecule has 3 aromatic rings. The molecule has 0 amide bonds. The lowest BCUT2D eigenvalue weighted by Crippen LogP contribution is -2.12.